The molecule has 0 saturated heterocycles. The van der Waals surface area contributed by atoms with Crippen molar-refractivity contribution < 1.29 is 22.4 Å². The van der Waals surface area contributed by atoms with Gasteiger partial charge in [0.2, 0.25) is 5.89 Å². The number of alkyl halides is 3. The lowest BCUT2D eigenvalue weighted by molar-refractivity contribution is -0.189. The molecule has 5 rings (SSSR count). The van der Waals surface area contributed by atoms with Gasteiger partial charge in [-0.25, -0.2) is 4.98 Å². The first-order valence-corrected chi connectivity index (χ1v) is 11.0. The standard InChI is InChI=1S/C27H21F3N2O2/c28-27(29,30)26(33)32(22-16-15-18-9-7-8-14-21(18)22)17-23-31-24(19-10-3-1-4-11-19)25(34-23)20-12-5-2-6-13-20/h1-14,22H,15-17H2. The van der Waals surface area contributed by atoms with Gasteiger partial charge in [-0.2, -0.15) is 13.2 Å². The number of carbonyl (C=O) groups is 1. The van der Waals surface area contributed by atoms with Gasteiger partial charge in [0.1, 0.15) is 5.69 Å². The van der Waals surface area contributed by atoms with Crippen molar-refractivity contribution in [1.82, 2.24) is 9.88 Å². The van der Waals surface area contributed by atoms with Crippen LogP contribution >= 0.6 is 0 Å². The Morgan fingerprint density at radius 2 is 1.53 bits per heavy atom. The van der Waals surface area contributed by atoms with E-state index in [-0.39, 0.29) is 12.4 Å². The van der Waals surface area contributed by atoms with Gasteiger partial charge >= 0.3 is 12.1 Å². The summed E-state index contributed by atoms with van der Waals surface area (Å²) < 4.78 is 46.8. The third kappa shape index (κ3) is 4.21. The third-order valence-corrected chi connectivity index (χ3v) is 6.04. The van der Waals surface area contributed by atoms with Crippen molar-refractivity contribution in [3.8, 4) is 22.6 Å². The monoisotopic (exact) mass is 462 g/mol. The number of aryl methyl sites for hydroxylation is 1. The molecule has 1 amide bonds. The fraction of sp³-hybridized carbons (Fsp3) is 0.185. The number of hydrogen-bond acceptors (Lipinski definition) is 3. The van der Waals surface area contributed by atoms with Crippen LogP contribution in [0.15, 0.2) is 89.3 Å². The molecular formula is C27H21F3N2O2. The topological polar surface area (TPSA) is 46.3 Å². The Bertz CT molecular complexity index is 1240. The van der Waals surface area contributed by atoms with Crippen LogP contribution < -0.4 is 0 Å². The van der Waals surface area contributed by atoms with Crippen LogP contribution in [0.5, 0.6) is 0 Å². The average Bonchev–Trinajstić information content (AvgIpc) is 3.47. The van der Waals surface area contributed by atoms with E-state index in [0.717, 1.165) is 27.2 Å². The molecule has 4 nitrogen and oxygen atoms in total. The zero-order chi connectivity index (χ0) is 23.7. The summed E-state index contributed by atoms with van der Waals surface area (Å²) in [5.41, 5.74) is 3.73. The van der Waals surface area contributed by atoms with Crippen LogP contribution in [0, 0.1) is 0 Å². The van der Waals surface area contributed by atoms with Crippen molar-refractivity contribution in [2.45, 2.75) is 31.6 Å². The van der Waals surface area contributed by atoms with Gasteiger partial charge in [-0.15, -0.1) is 0 Å². The highest BCUT2D eigenvalue weighted by Crippen LogP contribution is 2.39. The van der Waals surface area contributed by atoms with Gasteiger partial charge in [0.05, 0.1) is 12.6 Å². The quantitative estimate of drug-likeness (QED) is 0.336. The number of fused-ring (bicyclic) bond motifs is 1. The van der Waals surface area contributed by atoms with Crippen molar-refractivity contribution in [2.24, 2.45) is 0 Å². The number of aromatic nitrogens is 1. The lowest BCUT2D eigenvalue weighted by Crippen LogP contribution is -2.42. The molecule has 4 aromatic rings. The van der Waals surface area contributed by atoms with Crippen LogP contribution in [0.3, 0.4) is 0 Å². The highest BCUT2D eigenvalue weighted by atomic mass is 19.4. The van der Waals surface area contributed by atoms with E-state index in [1.807, 2.05) is 72.8 Å². The summed E-state index contributed by atoms with van der Waals surface area (Å²) in [6, 6.07) is 25.2. The molecule has 172 valence electrons. The van der Waals surface area contributed by atoms with Crippen LogP contribution in [0.25, 0.3) is 22.6 Å². The Kier molecular flexibility index (Phi) is 5.69. The molecule has 0 saturated carbocycles. The molecule has 1 aliphatic carbocycles. The molecule has 0 fully saturated rings. The Hall–Kier alpha value is -3.87. The number of halogens is 3. The lowest BCUT2D eigenvalue weighted by Gasteiger charge is -2.29. The first-order valence-electron chi connectivity index (χ1n) is 11.0. The number of hydrogen-bond donors (Lipinski definition) is 0. The molecule has 0 N–H and O–H groups in total. The number of amides is 1. The van der Waals surface area contributed by atoms with E-state index in [2.05, 4.69) is 4.98 Å². The second-order valence-corrected chi connectivity index (χ2v) is 8.20. The smallest absolute Gasteiger partial charge is 0.438 e. The van der Waals surface area contributed by atoms with Gasteiger partial charge in [-0.3, -0.25) is 4.79 Å². The first kappa shape index (κ1) is 21.9. The van der Waals surface area contributed by atoms with Crippen molar-refractivity contribution in [1.29, 1.82) is 0 Å². The number of carbonyl (C=O) groups excluding carboxylic acids is 1. The van der Waals surface area contributed by atoms with Gasteiger partial charge in [0.15, 0.2) is 5.76 Å². The number of oxazole rings is 1. The highest BCUT2D eigenvalue weighted by molar-refractivity contribution is 5.82. The first-order chi connectivity index (χ1) is 16.4. The van der Waals surface area contributed by atoms with Crippen LogP contribution in [-0.2, 0) is 17.8 Å². The predicted octanol–water partition coefficient (Wildman–Crippen LogP) is 6.59. The predicted molar refractivity (Wildman–Crippen MR) is 121 cm³/mol. The second kappa shape index (κ2) is 8.82. The molecule has 3 aromatic carbocycles. The summed E-state index contributed by atoms with van der Waals surface area (Å²) in [5.74, 6) is -1.39. The van der Waals surface area contributed by atoms with E-state index in [0.29, 0.717) is 24.3 Å². The minimum absolute atomic E-state index is 0.0553. The van der Waals surface area contributed by atoms with Crippen molar-refractivity contribution >= 4 is 5.91 Å². The van der Waals surface area contributed by atoms with E-state index in [4.69, 9.17) is 4.42 Å². The zero-order valence-electron chi connectivity index (χ0n) is 18.1. The fourth-order valence-corrected chi connectivity index (χ4v) is 4.50. The summed E-state index contributed by atoms with van der Waals surface area (Å²) in [6.07, 6.45) is -3.98. The molecule has 0 aliphatic heterocycles. The second-order valence-electron chi connectivity index (χ2n) is 8.20. The molecular weight excluding hydrogens is 441 g/mol. The molecule has 34 heavy (non-hydrogen) atoms. The van der Waals surface area contributed by atoms with Gasteiger partial charge < -0.3 is 9.32 Å². The normalized spacial score (nSPS) is 15.2. The zero-order valence-corrected chi connectivity index (χ0v) is 18.1. The van der Waals surface area contributed by atoms with E-state index < -0.39 is 18.1 Å². The molecule has 1 heterocycles. The molecule has 0 spiro atoms. The summed E-state index contributed by atoms with van der Waals surface area (Å²) in [6.45, 7) is -0.385. The molecule has 0 radical (unpaired) electrons. The number of benzene rings is 3. The van der Waals surface area contributed by atoms with Gasteiger partial charge in [0, 0.05) is 11.1 Å². The molecule has 1 aliphatic rings. The minimum Gasteiger partial charge on any atom is -0.438 e. The van der Waals surface area contributed by atoms with Gasteiger partial charge in [0.25, 0.3) is 0 Å². The maximum atomic E-state index is 13.6. The SMILES string of the molecule is O=C(N(Cc1nc(-c2ccccc2)c(-c2ccccc2)o1)C1CCc2ccccc21)C(F)(F)F. The molecule has 1 aromatic heterocycles. The molecule has 1 atom stereocenters. The Labute approximate surface area is 194 Å². The van der Waals surface area contributed by atoms with Crippen molar-refractivity contribution in [2.75, 3.05) is 0 Å². The third-order valence-electron chi connectivity index (χ3n) is 6.04. The molecule has 7 heteroatoms. The summed E-state index contributed by atoms with van der Waals surface area (Å²) >= 11 is 0. The van der Waals surface area contributed by atoms with Crippen molar-refractivity contribution in [3.05, 3.63) is 102 Å². The van der Waals surface area contributed by atoms with E-state index >= 15 is 0 Å². The maximum absolute atomic E-state index is 13.6. The Morgan fingerprint density at radius 3 is 2.21 bits per heavy atom. The largest absolute Gasteiger partial charge is 0.471 e. The van der Waals surface area contributed by atoms with Crippen molar-refractivity contribution in [3.63, 3.8) is 0 Å². The summed E-state index contributed by atoms with van der Waals surface area (Å²) in [7, 11) is 0. The van der Waals surface area contributed by atoms with E-state index in [1.54, 1.807) is 12.1 Å². The van der Waals surface area contributed by atoms with Crippen LogP contribution in [0.4, 0.5) is 13.2 Å². The molecule has 1 unspecified atom stereocenters. The highest BCUT2D eigenvalue weighted by Gasteiger charge is 2.46. The van der Waals surface area contributed by atoms with Gasteiger partial charge in [-0.05, 0) is 24.0 Å². The van der Waals surface area contributed by atoms with Gasteiger partial charge in [-0.1, -0.05) is 84.9 Å². The van der Waals surface area contributed by atoms with E-state index in [9.17, 15) is 18.0 Å². The van der Waals surface area contributed by atoms with E-state index in [1.165, 1.54) is 0 Å². The maximum Gasteiger partial charge on any atom is 0.471 e. The minimum atomic E-state index is -5.01. The lowest BCUT2D eigenvalue weighted by atomic mass is 10.1. The Morgan fingerprint density at radius 1 is 0.912 bits per heavy atom. The number of nitrogens with zero attached hydrogens (tertiary/aromatic N) is 2. The summed E-state index contributed by atoms with van der Waals surface area (Å²) in [4.78, 5) is 17.9. The average molecular weight is 462 g/mol. The van der Waals surface area contributed by atoms with Crippen LogP contribution in [0.1, 0.15) is 29.5 Å². The van der Waals surface area contributed by atoms with Crippen LogP contribution in [-0.4, -0.2) is 22.0 Å². The number of rotatable bonds is 5. The van der Waals surface area contributed by atoms with Crippen LogP contribution in [0.2, 0.25) is 0 Å². The Balaban J connectivity index is 1.57. The molecule has 0 bridgehead atoms. The summed E-state index contributed by atoms with van der Waals surface area (Å²) in [5, 5.41) is 0. The fourth-order valence-electron chi connectivity index (χ4n) is 4.50.